The molecule has 1 N–H and O–H groups in total. The monoisotopic (exact) mass is 366 g/mol. The van der Waals surface area contributed by atoms with Gasteiger partial charge in [-0.25, -0.2) is 4.98 Å². The van der Waals surface area contributed by atoms with E-state index < -0.39 is 0 Å². The Labute approximate surface area is 158 Å². The zero-order chi connectivity index (χ0) is 18.2. The number of carbonyl (C=O) groups excluding carboxylic acids is 1. The minimum Gasteiger partial charge on any atom is -0.431 e. The van der Waals surface area contributed by atoms with Crippen molar-refractivity contribution in [3.8, 4) is 22.6 Å². The standard InChI is InChI=1S/C21H22N2O2S/c1-2-3-14-22-18(24)15-26-21-23-19(16-10-6-4-7-11-16)20(25-21)17-12-8-5-9-13-17/h4-13H,2-3,14-15H2,1H3,(H,22,24). The lowest BCUT2D eigenvalue weighted by atomic mass is 10.1. The third kappa shape index (κ3) is 4.76. The Bertz CT molecular complexity index is 775. The van der Waals surface area contributed by atoms with E-state index in [0.717, 1.165) is 35.4 Å². The van der Waals surface area contributed by atoms with E-state index >= 15 is 0 Å². The van der Waals surface area contributed by atoms with Crippen molar-refractivity contribution in [2.75, 3.05) is 12.3 Å². The Kier molecular flexibility index (Phi) is 6.50. The quantitative estimate of drug-likeness (QED) is 0.449. The van der Waals surface area contributed by atoms with Gasteiger partial charge in [0.15, 0.2) is 5.76 Å². The van der Waals surface area contributed by atoms with E-state index in [1.165, 1.54) is 11.8 Å². The largest absolute Gasteiger partial charge is 0.431 e. The molecule has 0 saturated heterocycles. The fourth-order valence-corrected chi connectivity index (χ4v) is 3.18. The van der Waals surface area contributed by atoms with Crippen LogP contribution in [0.3, 0.4) is 0 Å². The van der Waals surface area contributed by atoms with Gasteiger partial charge in [-0.05, 0) is 6.42 Å². The Morgan fingerprint density at radius 3 is 2.35 bits per heavy atom. The first-order chi connectivity index (χ1) is 12.8. The summed E-state index contributed by atoms with van der Waals surface area (Å²) < 4.78 is 6.00. The summed E-state index contributed by atoms with van der Waals surface area (Å²) >= 11 is 1.32. The predicted molar refractivity (Wildman–Crippen MR) is 106 cm³/mol. The average Bonchev–Trinajstić information content (AvgIpc) is 3.12. The molecular weight excluding hydrogens is 344 g/mol. The number of hydrogen-bond donors (Lipinski definition) is 1. The molecule has 0 fully saturated rings. The zero-order valence-electron chi connectivity index (χ0n) is 14.8. The van der Waals surface area contributed by atoms with Gasteiger partial charge in [0.2, 0.25) is 5.91 Å². The molecule has 3 aromatic rings. The van der Waals surface area contributed by atoms with Gasteiger partial charge in [-0.15, -0.1) is 0 Å². The molecule has 1 aromatic heterocycles. The van der Waals surface area contributed by atoms with Crippen molar-refractivity contribution in [1.29, 1.82) is 0 Å². The molecule has 0 saturated carbocycles. The highest BCUT2D eigenvalue weighted by Crippen LogP contribution is 2.35. The molecule has 1 heterocycles. The van der Waals surface area contributed by atoms with E-state index in [4.69, 9.17) is 4.42 Å². The maximum absolute atomic E-state index is 11.9. The van der Waals surface area contributed by atoms with E-state index in [1.54, 1.807) is 0 Å². The van der Waals surface area contributed by atoms with Crippen molar-refractivity contribution in [3.05, 3.63) is 60.7 Å². The highest BCUT2D eigenvalue weighted by molar-refractivity contribution is 7.99. The van der Waals surface area contributed by atoms with Gasteiger partial charge < -0.3 is 9.73 Å². The van der Waals surface area contributed by atoms with Crippen LogP contribution in [0, 0.1) is 0 Å². The van der Waals surface area contributed by atoms with Crippen LogP contribution >= 0.6 is 11.8 Å². The fourth-order valence-electron chi connectivity index (χ4n) is 2.52. The number of benzene rings is 2. The Morgan fingerprint density at radius 2 is 1.69 bits per heavy atom. The van der Waals surface area contributed by atoms with Crippen LogP contribution in [-0.2, 0) is 4.79 Å². The summed E-state index contributed by atoms with van der Waals surface area (Å²) in [5.41, 5.74) is 2.76. The highest BCUT2D eigenvalue weighted by atomic mass is 32.2. The number of nitrogens with one attached hydrogen (secondary N) is 1. The van der Waals surface area contributed by atoms with Gasteiger partial charge in [0, 0.05) is 17.7 Å². The SMILES string of the molecule is CCCCNC(=O)CSc1nc(-c2ccccc2)c(-c2ccccc2)o1. The third-order valence-electron chi connectivity index (χ3n) is 3.87. The highest BCUT2D eigenvalue weighted by Gasteiger charge is 2.17. The zero-order valence-corrected chi connectivity index (χ0v) is 15.6. The first-order valence-electron chi connectivity index (χ1n) is 8.79. The van der Waals surface area contributed by atoms with E-state index in [1.807, 2.05) is 60.7 Å². The summed E-state index contributed by atoms with van der Waals surface area (Å²) in [7, 11) is 0. The number of thioether (sulfide) groups is 1. The van der Waals surface area contributed by atoms with Crippen molar-refractivity contribution < 1.29 is 9.21 Å². The predicted octanol–water partition coefficient (Wildman–Crippen LogP) is 5.02. The number of nitrogens with zero attached hydrogens (tertiary/aromatic N) is 1. The number of unbranched alkanes of at least 4 members (excludes halogenated alkanes) is 1. The summed E-state index contributed by atoms with van der Waals surface area (Å²) in [4.78, 5) is 16.6. The molecule has 134 valence electrons. The lowest BCUT2D eigenvalue weighted by molar-refractivity contribution is -0.118. The normalized spacial score (nSPS) is 10.7. The van der Waals surface area contributed by atoms with Crippen molar-refractivity contribution >= 4 is 17.7 Å². The minimum absolute atomic E-state index is 0.00386. The molecule has 26 heavy (non-hydrogen) atoms. The van der Waals surface area contributed by atoms with Crippen LogP contribution in [-0.4, -0.2) is 23.2 Å². The fraction of sp³-hybridized carbons (Fsp3) is 0.238. The Hall–Kier alpha value is -2.53. The number of amides is 1. The number of oxazole rings is 1. The van der Waals surface area contributed by atoms with Crippen molar-refractivity contribution in [3.63, 3.8) is 0 Å². The smallest absolute Gasteiger partial charge is 0.257 e. The van der Waals surface area contributed by atoms with Crippen LogP contribution in [0.25, 0.3) is 22.6 Å². The second-order valence-corrected chi connectivity index (χ2v) is 6.81. The van der Waals surface area contributed by atoms with Crippen molar-refractivity contribution in [2.24, 2.45) is 0 Å². The van der Waals surface area contributed by atoms with E-state index in [9.17, 15) is 4.79 Å². The molecule has 0 aliphatic heterocycles. The maximum Gasteiger partial charge on any atom is 0.257 e. The molecule has 5 heteroatoms. The molecule has 3 rings (SSSR count). The van der Waals surface area contributed by atoms with Gasteiger partial charge in [-0.3, -0.25) is 4.79 Å². The summed E-state index contributed by atoms with van der Waals surface area (Å²) in [6, 6.07) is 19.9. The molecule has 0 aliphatic carbocycles. The van der Waals surface area contributed by atoms with Gasteiger partial charge in [-0.1, -0.05) is 85.8 Å². The first-order valence-corrected chi connectivity index (χ1v) is 9.77. The van der Waals surface area contributed by atoms with Crippen molar-refractivity contribution in [1.82, 2.24) is 10.3 Å². The maximum atomic E-state index is 11.9. The molecule has 0 bridgehead atoms. The van der Waals surface area contributed by atoms with E-state index in [-0.39, 0.29) is 5.91 Å². The van der Waals surface area contributed by atoms with Crippen LogP contribution < -0.4 is 5.32 Å². The second-order valence-electron chi connectivity index (χ2n) is 5.88. The molecule has 0 atom stereocenters. The lowest BCUT2D eigenvalue weighted by Gasteiger charge is -2.02. The lowest BCUT2D eigenvalue weighted by Crippen LogP contribution is -2.25. The van der Waals surface area contributed by atoms with Gasteiger partial charge in [-0.2, -0.15) is 0 Å². The molecule has 1 amide bonds. The second kappa shape index (κ2) is 9.25. The average molecular weight is 366 g/mol. The van der Waals surface area contributed by atoms with Crippen LogP contribution in [0.5, 0.6) is 0 Å². The Morgan fingerprint density at radius 1 is 1.04 bits per heavy atom. The first kappa shape index (κ1) is 18.3. The van der Waals surface area contributed by atoms with Crippen molar-refractivity contribution in [2.45, 2.75) is 25.0 Å². The molecule has 4 nitrogen and oxygen atoms in total. The van der Waals surface area contributed by atoms with Crippen LogP contribution in [0.1, 0.15) is 19.8 Å². The molecule has 0 aliphatic rings. The molecule has 0 radical (unpaired) electrons. The summed E-state index contributed by atoms with van der Waals surface area (Å²) in [5.74, 6) is 1.03. The molecule has 2 aromatic carbocycles. The molecular formula is C21H22N2O2S. The minimum atomic E-state index is 0.00386. The number of carbonyl (C=O) groups is 1. The topological polar surface area (TPSA) is 55.1 Å². The van der Waals surface area contributed by atoms with Gasteiger partial charge in [0.05, 0.1) is 5.75 Å². The number of aromatic nitrogens is 1. The van der Waals surface area contributed by atoms with Gasteiger partial charge in [0.1, 0.15) is 5.69 Å². The summed E-state index contributed by atoms with van der Waals surface area (Å²) in [6.07, 6.45) is 2.06. The Balaban J connectivity index is 1.80. The molecule has 0 unspecified atom stereocenters. The van der Waals surface area contributed by atoms with Gasteiger partial charge >= 0.3 is 0 Å². The summed E-state index contributed by atoms with van der Waals surface area (Å²) in [6.45, 7) is 2.82. The number of rotatable bonds is 8. The van der Waals surface area contributed by atoms with Gasteiger partial charge in [0.25, 0.3) is 5.22 Å². The van der Waals surface area contributed by atoms with E-state index in [2.05, 4.69) is 17.2 Å². The summed E-state index contributed by atoms with van der Waals surface area (Å²) in [5, 5.41) is 3.42. The van der Waals surface area contributed by atoms with E-state index in [0.29, 0.717) is 17.5 Å². The van der Waals surface area contributed by atoms with Crippen LogP contribution in [0.15, 0.2) is 70.3 Å². The van der Waals surface area contributed by atoms with Crippen LogP contribution in [0.2, 0.25) is 0 Å². The molecule has 0 spiro atoms. The third-order valence-corrected chi connectivity index (χ3v) is 4.70. The van der Waals surface area contributed by atoms with Crippen LogP contribution in [0.4, 0.5) is 0 Å². The number of hydrogen-bond acceptors (Lipinski definition) is 4.